The van der Waals surface area contributed by atoms with E-state index in [1.165, 1.54) is 24.2 Å². The maximum atomic E-state index is 13.8. The van der Waals surface area contributed by atoms with Gasteiger partial charge in [0, 0.05) is 6.04 Å². The van der Waals surface area contributed by atoms with Gasteiger partial charge in [0.05, 0.1) is 10.7 Å². The van der Waals surface area contributed by atoms with Gasteiger partial charge in [0.15, 0.2) is 11.5 Å². The van der Waals surface area contributed by atoms with Crippen LogP contribution in [0.15, 0.2) is 48.0 Å². The van der Waals surface area contributed by atoms with Crippen molar-refractivity contribution in [3.8, 4) is 11.5 Å². The molecule has 5 fully saturated rings. The van der Waals surface area contributed by atoms with E-state index in [1.54, 1.807) is 19.3 Å². The van der Waals surface area contributed by atoms with Gasteiger partial charge in [-0.1, -0.05) is 30.3 Å². The van der Waals surface area contributed by atoms with Crippen molar-refractivity contribution in [3.63, 3.8) is 0 Å². The third-order valence-electron chi connectivity index (χ3n) is 9.28. The van der Waals surface area contributed by atoms with Crippen LogP contribution in [0.2, 0.25) is 0 Å². The predicted octanol–water partition coefficient (Wildman–Crippen LogP) is 5.95. The van der Waals surface area contributed by atoms with Crippen molar-refractivity contribution in [3.05, 3.63) is 62.7 Å². The second kappa shape index (κ2) is 10.3. The van der Waals surface area contributed by atoms with Gasteiger partial charge in [-0.2, -0.15) is 0 Å². The van der Waals surface area contributed by atoms with Crippen molar-refractivity contribution in [2.75, 3.05) is 7.11 Å². The van der Waals surface area contributed by atoms with Gasteiger partial charge in [0.2, 0.25) is 0 Å². The number of nitrogens with zero attached hydrogens (tertiary/aromatic N) is 1. The summed E-state index contributed by atoms with van der Waals surface area (Å²) in [6.45, 7) is 2.39. The van der Waals surface area contributed by atoms with Crippen molar-refractivity contribution in [1.82, 2.24) is 10.2 Å². The Hall–Kier alpha value is -2.88. The summed E-state index contributed by atoms with van der Waals surface area (Å²) in [5.74, 6) is 1.98. The zero-order chi connectivity index (χ0) is 27.3. The van der Waals surface area contributed by atoms with Gasteiger partial charge in [-0.25, -0.2) is 4.79 Å². The topological polar surface area (TPSA) is 84.9 Å². The maximum absolute atomic E-state index is 13.8. The van der Waals surface area contributed by atoms with Gasteiger partial charge in [-0.05, 0) is 121 Å². The summed E-state index contributed by atoms with van der Waals surface area (Å²) in [5.41, 5.74) is 1.56. The number of carbonyl (C=O) groups is 3. The number of amides is 4. The van der Waals surface area contributed by atoms with Crippen LogP contribution < -0.4 is 14.8 Å². The van der Waals surface area contributed by atoms with Crippen LogP contribution >= 0.6 is 22.6 Å². The van der Waals surface area contributed by atoms with E-state index in [-0.39, 0.29) is 17.0 Å². The molecule has 4 aliphatic carbocycles. The third kappa shape index (κ3) is 4.85. The number of nitrogens with one attached hydrogen (secondary N) is 1. The Kier molecular flexibility index (Phi) is 6.93. The summed E-state index contributed by atoms with van der Waals surface area (Å²) >= 11 is 2.17. The molecule has 0 spiro atoms. The number of hydrogen-bond donors (Lipinski definition) is 1. The molecule has 0 unspecified atom stereocenters. The molecule has 204 valence electrons. The monoisotopic (exact) mass is 640 g/mol. The Bertz CT molecular complexity index is 1320. The number of hydrogen-bond acceptors (Lipinski definition) is 5. The first-order chi connectivity index (χ1) is 18.8. The number of ether oxygens (including phenoxy) is 2. The molecule has 7 rings (SSSR count). The third-order valence-corrected chi connectivity index (χ3v) is 10.1. The van der Waals surface area contributed by atoms with Crippen LogP contribution in [0.3, 0.4) is 0 Å². The van der Waals surface area contributed by atoms with Gasteiger partial charge in [-0.3, -0.25) is 19.8 Å². The highest BCUT2D eigenvalue weighted by atomic mass is 127. The predicted molar refractivity (Wildman–Crippen MR) is 155 cm³/mol. The molecule has 0 radical (unpaired) electrons. The number of barbiturate groups is 1. The highest BCUT2D eigenvalue weighted by Crippen LogP contribution is 2.62. The first-order valence-corrected chi connectivity index (χ1v) is 14.8. The second-order valence-corrected chi connectivity index (χ2v) is 12.9. The average Bonchev–Trinajstić information content (AvgIpc) is 2.90. The summed E-state index contributed by atoms with van der Waals surface area (Å²) in [4.78, 5) is 41.0. The fraction of sp³-hybridized carbons (Fsp3) is 0.452. The maximum Gasteiger partial charge on any atom is 0.331 e. The fourth-order valence-electron chi connectivity index (χ4n) is 7.85. The number of benzene rings is 2. The number of urea groups is 1. The Morgan fingerprint density at radius 1 is 1.05 bits per heavy atom. The molecule has 4 saturated carbocycles. The molecule has 4 amide bonds. The number of methoxy groups -OCH3 is 1. The number of rotatable bonds is 7. The van der Waals surface area contributed by atoms with E-state index in [1.807, 2.05) is 43.3 Å². The lowest BCUT2D eigenvalue weighted by Crippen LogP contribution is -2.63. The van der Waals surface area contributed by atoms with E-state index in [4.69, 9.17) is 9.47 Å². The molecular weight excluding hydrogens is 607 g/mol. The lowest BCUT2D eigenvalue weighted by atomic mass is 9.47. The molecular formula is C31H33IN2O5. The second-order valence-electron chi connectivity index (χ2n) is 11.8. The van der Waals surface area contributed by atoms with Crippen LogP contribution in [0.1, 0.15) is 56.6 Å². The summed E-state index contributed by atoms with van der Waals surface area (Å²) in [6, 6.07) is 12.6. The van der Waals surface area contributed by atoms with Crippen LogP contribution in [0, 0.1) is 26.7 Å². The molecule has 2 aromatic rings. The zero-order valence-corrected chi connectivity index (χ0v) is 24.4. The van der Waals surface area contributed by atoms with Gasteiger partial charge >= 0.3 is 6.03 Å². The van der Waals surface area contributed by atoms with Crippen molar-refractivity contribution >= 4 is 46.5 Å². The van der Waals surface area contributed by atoms with Crippen LogP contribution in [0.4, 0.5) is 4.79 Å². The Morgan fingerprint density at radius 2 is 1.69 bits per heavy atom. The van der Waals surface area contributed by atoms with Gasteiger partial charge < -0.3 is 9.47 Å². The first-order valence-electron chi connectivity index (χ1n) is 13.7. The summed E-state index contributed by atoms with van der Waals surface area (Å²) < 4.78 is 12.4. The van der Waals surface area contributed by atoms with Crippen molar-refractivity contribution < 1.29 is 23.9 Å². The summed E-state index contributed by atoms with van der Waals surface area (Å²) in [7, 11) is 1.56. The quantitative estimate of drug-likeness (QED) is 0.230. The lowest BCUT2D eigenvalue weighted by Gasteiger charge is -2.60. The van der Waals surface area contributed by atoms with Crippen molar-refractivity contribution in [1.29, 1.82) is 0 Å². The van der Waals surface area contributed by atoms with E-state index in [2.05, 4.69) is 27.9 Å². The summed E-state index contributed by atoms with van der Waals surface area (Å²) in [5, 5.41) is 2.44. The fourth-order valence-corrected chi connectivity index (χ4v) is 8.63. The van der Waals surface area contributed by atoms with Crippen LogP contribution in [-0.2, 0) is 16.2 Å². The van der Waals surface area contributed by atoms with Gasteiger partial charge in [0.25, 0.3) is 11.8 Å². The van der Waals surface area contributed by atoms with E-state index < -0.39 is 17.8 Å². The molecule has 1 heterocycles. The Labute approximate surface area is 242 Å². The summed E-state index contributed by atoms with van der Waals surface area (Å²) in [6.07, 6.45) is 8.57. The molecule has 1 N–H and O–H groups in total. The van der Waals surface area contributed by atoms with Crippen LogP contribution in [-0.4, -0.2) is 35.9 Å². The minimum atomic E-state index is -0.669. The molecule has 1 atom stereocenters. The molecule has 5 aliphatic rings. The lowest BCUT2D eigenvalue weighted by molar-refractivity contribution is -0.139. The molecule has 8 heteroatoms. The number of halogens is 1. The van der Waals surface area contributed by atoms with E-state index in [9.17, 15) is 14.4 Å². The smallest absolute Gasteiger partial charge is 0.331 e. The molecule has 7 nitrogen and oxygen atoms in total. The standard InChI is InChI=1S/C31H33IN2O5/c1-18(31-14-21-8-22(15-31)10-23(9-21)16-31)34-29(36)24(28(35)33-30(34)37)11-20-12-25(32)27(26(13-20)38-2)39-17-19-6-4-3-5-7-19/h3-7,11-13,18,21-23H,8-10,14-17H2,1-2H3,(H,33,35,37)/b24-11+/t18-,21?,22?,23?,31?/m0/s1. The molecule has 0 aromatic heterocycles. The molecule has 1 saturated heterocycles. The Balaban J connectivity index is 1.27. The van der Waals surface area contributed by atoms with Crippen LogP contribution in [0.25, 0.3) is 6.08 Å². The number of imide groups is 2. The van der Waals surface area contributed by atoms with Crippen LogP contribution in [0.5, 0.6) is 11.5 Å². The largest absolute Gasteiger partial charge is 0.493 e. The SMILES string of the molecule is COc1cc(/C=C2\C(=O)NC(=O)N([C@@H](C)C34CC5CC(CC(C5)C3)C4)C2=O)cc(I)c1OCc1ccccc1. The highest BCUT2D eigenvalue weighted by Gasteiger charge is 2.56. The average molecular weight is 641 g/mol. The van der Waals surface area contributed by atoms with E-state index >= 15 is 0 Å². The van der Waals surface area contributed by atoms with Crippen molar-refractivity contribution in [2.24, 2.45) is 23.2 Å². The normalized spacial score (nSPS) is 29.5. The Morgan fingerprint density at radius 3 is 2.31 bits per heavy atom. The molecule has 2 aromatic carbocycles. The first kappa shape index (κ1) is 26.3. The van der Waals surface area contributed by atoms with Gasteiger partial charge in [-0.15, -0.1) is 0 Å². The minimum absolute atomic E-state index is 0.0398. The van der Waals surface area contributed by atoms with E-state index in [0.29, 0.717) is 41.4 Å². The van der Waals surface area contributed by atoms with Gasteiger partial charge in [0.1, 0.15) is 12.2 Å². The zero-order valence-electron chi connectivity index (χ0n) is 22.2. The molecule has 4 bridgehead atoms. The number of carbonyl (C=O) groups excluding carboxylic acids is 3. The van der Waals surface area contributed by atoms with E-state index in [0.717, 1.165) is 28.4 Å². The highest BCUT2D eigenvalue weighted by molar-refractivity contribution is 14.1. The molecule has 1 aliphatic heterocycles. The van der Waals surface area contributed by atoms with Crippen molar-refractivity contribution in [2.45, 2.75) is 58.1 Å². The minimum Gasteiger partial charge on any atom is -0.493 e. The molecule has 39 heavy (non-hydrogen) atoms.